The van der Waals surface area contributed by atoms with Crippen LogP contribution < -0.4 is 0 Å². The Bertz CT molecular complexity index is 844. The van der Waals surface area contributed by atoms with Crippen molar-refractivity contribution in [3.63, 3.8) is 0 Å². The number of hydrogen-bond acceptors (Lipinski definition) is 2. The van der Waals surface area contributed by atoms with Gasteiger partial charge in [0.05, 0.1) is 11.2 Å². The van der Waals surface area contributed by atoms with Crippen molar-refractivity contribution in [3.05, 3.63) is 52.4 Å². The summed E-state index contributed by atoms with van der Waals surface area (Å²) in [5, 5.41) is 0. The number of aromatic nitrogens is 3. The molecule has 1 aliphatic carbocycles. The monoisotopic (exact) mass is 281 g/mol. The van der Waals surface area contributed by atoms with Crippen LogP contribution in [0.1, 0.15) is 24.0 Å². The van der Waals surface area contributed by atoms with Gasteiger partial charge in [-0.15, -0.1) is 0 Å². The van der Waals surface area contributed by atoms with E-state index in [0.717, 1.165) is 22.4 Å². The molecule has 0 spiro atoms. The van der Waals surface area contributed by atoms with Crippen LogP contribution in [0.15, 0.2) is 36.5 Å². The molecular weight excluding hydrogens is 266 g/mol. The maximum atomic E-state index is 5.51. The minimum absolute atomic E-state index is 0.720. The van der Waals surface area contributed by atoms with Crippen LogP contribution in [0.25, 0.3) is 16.9 Å². The van der Waals surface area contributed by atoms with Gasteiger partial charge in [-0.05, 0) is 67.2 Å². The minimum Gasteiger partial charge on any atom is -0.329 e. The summed E-state index contributed by atoms with van der Waals surface area (Å²) in [6.07, 6.45) is 6.66. The third-order valence-corrected chi connectivity index (χ3v) is 4.34. The first-order chi connectivity index (χ1) is 9.84. The predicted molar refractivity (Wildman–Crippen MR) is 82.9 cm³/mol. The van der Waals surface area contributed by atoms with Crippen molar-refractivity contribution in [1.29, 1.82) is 0 Å². The van der Waals surface area contributed by atoms with E-state index in [2.05, 4.69) is 32.7 Å². The van der Waals surface area contributed by atoms with Crippen LogP contribution in [0.2, 0.25) is 0 Å². The Morgan fingerprint density at radius 2 is 2.00 bits per heavy atom. The first-order valence-corrected chi connectivity index (χ1v) is 7.42. The molecule has 0 fully saturated rings. The van der Waals surface area contributed by atoms with Gasteiger partial charge < -0.3 is 4.98 Å². The van der Waals surface area contributed by atoms with Crippen LogP contribution in [0.3, 0.4) is 0 Å². The van der Waals surface area contributed by atoms with Crippen LogP contribution in [-0.4, -0.2) is 14.5 Å². The van der Waals surface area contributed by atoms with E-state index in [1.54, 1.807) is 0 Å². The quantitative estimate of drug-likeness (QED) is 0.685. The van der Waals surface area contributed by atoms with Crippen LogP contribution in [0, 0.1) is 4.77 Å². The average molecular weight is 281 g/mol. The highest BCUT2D eigenvalue weighted by atomic mass is 32.1. The van der Waals surface area contributed by atoms with Crippen LogP contribution in [0.5, 0.6) is 0 Å². The smallest absolute Gasteiger partial charge is 0.184 e. The van der Waals surface area contributed by atoms with E-state index in [4.69, 9.17) is 12.2 Å². The zero-order valence-electron chi connectivity index (χ0n) is 11.1. The molecule has 1 N–H and O–H groups in total. The molecule has 3 nitrogen and oxygen atoms in total. The van der Waals surface area contributed by atoms with Crippen molar-refractivity contribution >= 4 is 23.4 Å². The Morgan fingerprint density at radius 3 is 2.95 bits per heavy atom. The maximum absolute atomic E-state index is 5.51. The van der Waals surface area contributed by atoms with E-state index in [-0.39, 0.29) is 0 Å². The number of hydrogen-bond donors (Lipinski definition) is 1. The van der Waals surface area contributed by atoms with Gasteiger partial charge >= 0.3 is 0 Å². The fraction of sp³-hybridized carbons (Fsp3) is 0.250. The summed E-state index contributed by atoms with van der Waals surface area (Å²) < 4.78 is 2.80. The second kappa shape index (κ2) is 4.56. The van der Waals surface area contributed by atoms with Gasteiger partial charge in [-0.25, -0.2) is 4.98 Å². The first kappa shape index (κ1) is 11.9. The number of imidazole rings is 1. The molecule has 1 aromatic carbocycles. The van der Waals surface area contributed by atoms with E-state index < -0.39 is 0 Å². The summed E-state index contributed by atoms with van der Waals surface area (Å²) in [5.74, 6) is 0. The van der Waals surface area contributed by atoms with Gasteiger partial charge in [0.25, 0.3) is 0 Å². The summed E-state index contributed by atoms with van der Waals surface area (Å²) in [5.41, 5.74) is 5.99. The van der Waals surface area contributed by atoms with Gasteiger partial charge in [0.1, 0.15) is 0 Å². The Hall–Kier alpha value is -1.94. The number of nitrogens with zero attached hydrogens (tertiary/aromatic N) is 2. The zero-order chi connectivity index (χ0) is 13.5. The average Bonchev–Trinajstić information content (AvgIpc) is 2.82. The molecule has 100 valence electrons. The standard InChI is InChI=1S/C16H15N3S/c20-16-18-13-8-4-10-17-15(13)19(16)14-9-3-6-11-5-1-2-7-12(11)14/h3-4,6,8-10H,1-2,5,7H2,(H,18,20). The molecule has 4 rings (SSSR count). The first-order valence-electron chi connectivity index (χ1n) is 7.01. The summed E-state index contributed by atoms with van der Waals surface area (Å²) in [6.45, 7) is 0. The number of aryl methyl sites for hydroxylation is 1. The molecule has 0 atom stereocenters. The van der Waals surface area contributed by atoms with Gasteiger partial charge in [0, 0.05) is 6.20 Å². The summed E-state index contributed by atoms with van der Waals surface area (Å²) in [4.78, 5) is 7.74. The molecule has 3 aromatic rings. The molecule has 2 aromatic heterocycles. The SMILES string of the molecule is S=c1[nH]c2cccnc2n1-c1cccc2c1CCCC2. The summed E-state index contributed by atoms with van der Waals surface area (Å²) in [6, 6.07) is 10.5. The van der Waals surface area contributed by atoms with Crippen molar-refractivity contribution in [1.82, 2.24) is 14.5 Å². The van der Waals surface area contributed by atoms with Crippen LogP contribution in [0.4, 0.5) is 0 Å². The highest BCUT2D eigenvalue weighted by molar-refractivity contribution is 7.71. The molecule has 0 aliphatic heterocycles. The third-order valence-electron chi connectivity index (χ3n) is 4.06. The van der Waals surface area contributed by atoms with Gasteiger partial charge in [-0.1, -0.05) is 12.1 Å². The van der Waals surface area contributed by atoms with Gasteiger partial charge in [-0.2, -0.15) is 0 Å². The Labute approximate surface area is 122 Å². The van der Waals surface area contributed by atoms with E-state index in [0.29, 0.717) is 0 Å². The normalized spacial score (nSPS) is 14.4. The van der Waals surface area contributed by atoms with Crippen molar-refractivity contribution in [2.75, 3.05) is 0 Å². The van der Waals surface area contributed by atoms with E-state index >= 15 is 0 Å². The lowest BCUT2D eigenvalue weighted by Crippen LogP contribution is -2.08. The number of nitrogens with one attached hydrogen (secondary N) is 1. The van der Waals surface area contributed by atoms with E-state index in [1.807, 2.05) is 18.3 Å². The largest absolute Gasteiger partial charge is 0.329 e. The van der Waals surface area contributed by atoms with Crippen molar-refractivity contribution in [2.24, 2.45) is 0 Å². The molecule has 4 heteroatoms. The van der Waals surface area contributed by atoms with Crippen molar-refractivity contribution in [2.45, 2.75) is 25.7 Å². The zero-order valence-corrected chi connectivity index (χ0v) is 11.9. The minimum atomic E-state index is 0.720. The highest BCUT2D eigenvalue weighted by Gasteiger charge is 2.16. The van der Waals surface area contributed by atoms with Crippen LogP contribution >= 0.6 is 12.2 Å². The number of pyridine rings is 1. The van der Waals surface area contributed by atoms with Crippen molar-refractivity contribution < 1.29 is 0 Å². The Balaban J connectivity index is 2.05. The van der Waals surface area contributed by atoms with Gasteiger partial charge in [0.2, 0.25) is 0 Å². The van der Waals surface area contributed by atoms with Crippen molar-refractivity contribution in [3.8, 4) is 5.69 Å². The number of aromatic amines is 1. The second-order valence-corrected chi connectivity index (χ2v) is 5.65. The topological polar surface area (TPSA) is 33.6 Å². The fourth-order valence-electron chi connectivity index (χ4n) is 3.13. The Kier molecular flexibility index (Phi) is 2.70. The molecule has 0 saturated carbocycles. The number of rotatable bonds is 1. The molecule has 0 unspecified atom stereocenters. The molecule has 0 saturated heterocycles. The summed E-state index contributed by atoms with van der Waals surface area (Å²) >= 11 is 5.51. The fourth-order valence-corrected chi connectivity index (χ4v) is 3.43. The maximum Gasteiger partial charge on any atom is 0.184 e. The molecule has 0 radical (unpaired) electrons. The van der Waals surface area contributed by atoms with Gasteiger partial charge in [-0.3, -0.25) is 4.57 Å². The molecule has 1 aliphatic rings. The summed E-state index contributed by atoms with van der Waals surface area (Å²) in [7, 11) is 0. The number of benzene rings is 1. The lowest BCUT2D eigenvalue weighted by atomic mass is 9.90. The molecule has 2 heterocycles. The Morgan fingerprint density at radius 1 is 1.10 bits per heavy atom. The highest BCUT2D eigenvalue weighted by Crippen LogP contribution is 2.28. The number of H-pyrrole nitrogens is 1. The third kappa shape index (κ3) is 1.72. The number of fused-ring (bicyclic) bond motifs is 2. The van der Waals surface area contributed by atoms with E-state index in [1.165, 1.54) is 36.1 Å². The second-order valence-electron chi connectivity index (χ2n) is 5.26. The lowest BCUT2D eigenvalue weighted by molar-refractivity contribution is 0.681. The molecule has 0 amide bonds. The molecule has 20 heavy (non-hydrogen) atoms. The van der Waals surface area contributed by atoms with Crippen LogP contribution in [-0.2, 0) is 12.8 Å². The molecular formula is C16H15N3S. The van der Waals surface area contributed by atoms with Gasteiger partial charge in [0.15, 0.2) is 10.4 Å². The predicted octanol–water partition coefficient (Wildman–Crippen LogP) is 3.96. The lowest BCUT2D eigenvalue weighted by Gasteiger charge is -2.19. The molecule has 0 bridgehead atoms. The van der Waals surface area contributed by atoms with E-state index in [9.17, 15) is 0 Å².